The van der Waals surface area contributed by atoms with Crippen molar-refractivity contribution in [2.75, 3.05) is 6.61 Å². The Hall–Kier alpha value is 1.04. The van der Waals surface area contributed by atoms with E-state index in [1.807, 2.05) is 0 Å². The van der Waals surface area contributed by atoms with E-state index < -0.39 is 16.5 Å². The van der Waals surface area contributed by atoms with Crippen LogP contribution in [0.2, 0.25) is 0 Å². The molecule has 0 rings (SSSR count). The monoisotopic (exact) mass is 436 g/mol. The number of rotatable bonds is 18. The molecule has 0 aliphatic rings. The summed E-state index contributed by atoms with van der Waals surface area (Å²) in [6, 6.07) is 0. The molecule has 0 spiro atoms. The molecule has 0 aromatic rings. The second-order valence-corrected chi connectivity index (χ2v) is 8.15. The van der Waals surface area contributed by atoms with Gasteiger partial charge < -0.3 is 10.00 Å². The Morgan fingerprint density at radius 3 is 1.19 bits per heavy atom. The van der Waals surface area contributed by atoms with Crippen LogP contribution in [0.4, 0.5) is 0 Å². The summed E-state index contributed by atoms with van der Waals surface area (Å²) in [6.07, 6.45) is 22.2. The van der Waals surface area contributed by atoms with Crippen LogP contribution in [-0.4, -0.2) is 16.6 Å². The number of hydrogen-bond donors (Lipinski definition) is 2. The van der Waals surface area contributed by atoms with Crippen LogP contribution < -0.4 is 34.5 Å². The van der Waals surface area contributed by atoms with E-state index in [-0.39, 0.29) is 29.6 Å². The summed E-state index contributed by atoms with van der Waals surface area (Å²) in [6.45, 7) is 2.66. The summed E-state index contributed by atoms with van der Waals surface area (Å²) in [5.74, 6) is 0. The summed E-state index contributed by atoms with van der Waals surface area (Å²) in [5.41, 5.74) is 0. The predicted molar refractivity (Wildman–Crippen MR) is 105 cm³/mol. The summed E-state index contributed by atoms with van der Waals surface area (Å²) < 4.78 is 21.9. The Kier molecular flexibility index (Phi) is 35.4. The molecule has 0 aliphatic carbocycles. The predicted octanol–water partition coefficient (Wildman–Crippen LogP) is 2.91. The summed E-state index contributed by atoms with van der Waals surface area (Å²) in [7, 11) is -6.16. The van der Waals surface area contributed by atoms with Gasteiger partial charge in [0.05, 0.1) is 0 Å². The maximum absolute atomic E-state index is 9.35. The number of hydrogen-bond acceptors (Lipinski definition) is 5. The van der Waals surface area contributed by atoms with E-state index in [0.29, 0.717) is 6.61 Å². The van der Waals surface area contributed by atoms with Crippen LogP contribution in [0.15, 0.2) is 0 Å². The zero-order chi connectivity index (χ0) is 19.9. The molecule has 0 bridgehead atoms. The Morgan fingerprint density at radius 2 is 1.00 bits per heavy atom. The molecule has 0 aromatic carbocycles. The second-order valence-electron chi connectivity index (χ2n) is 6.57. The van der Waals surface area contributed by atoms with Crippen LogP contribution in [0.3, 0.4) is 0 Å². The maximum Gasteiger partial charge on any atom is 1.00 e. The number of aliphatic hydroxyl groups is 1. The fourth-order valence-corrected chi connectivity index (χ4v) is 3.17. The van der Waals surface area contributed by atoms with Crippen LogP contribution in [0.25, 0.3) is 0 Å². The molecule has 156 valence electrons. The van der Waals surface area contributed by atoms with Gasteiger partial charge in [-0.15, -0.1) is 4.89 Å². The normalized spacial score (nSPS) is 11.3. The minimum Gasteiger partial charge on any atom is -0.563 e. The first-order valence-electron chi connectivity index (χ1n) is 10.1. The molecule has 0 amide bonds. The van der Waals surface area contributed by atoms with Gasteiger partial charge in [-0.05, 0) is 11.0 Å². The van der Waals surface area contributed by atoms with E-state index in [9.17, 15) is 14.0 Å². The van der Waals surface area contributed by atoms with Crippen molar-refractivity contribution in [3.05, 3.63) is 0 Å². The maximum atomic E-state index is 9.35. The molecule has 0 aliphatic heterocycles. The van der Waals surface area contributed by atoms with Gasteiger partial charge in [-0.1, -0.05) is 103 Å². The molecule has 2 unspecified atom stereocenters. The van der Waals surface area contributed by atoms with Gasteiger partial charge in [0.25, 0.3) is 0 Å². The van der Waals surface area contributed by atoms with Crippen molar-refractivity contribution < 1.29 is 57.9 Å². The van der Waals surface area contributed by atoms with Crippen molar-refractivity contribution in [1.29, 1.82) is 0 Å². The van der Waals surface area contributed by atoms with Crippen molar-refractivity contribution in [3.8, 4) is 0 Å². The molecule has 27 heavy (non-hydrogen) atoms. The van der Waals surface area contributed by atoms with Gasteiger partial charge in [0.15, 0.2) is 0 Å². The van der Waals surface area contributed by atoms with Gasteiger partial charge in [0, 0.05) is 11.2 Å². The van der Waals surface area contributed by atoms with Gasteiger partial charge in [-0.25, -0.2) is 0 Å². The Bertz CT molecular complexity index is 294. The largest absolute Gasteiger partial charge is 1.00 e. The van der Waals surface area contributed by atoms with Crippen LogP contribution in [0.1, 0.15) is 110 Å². The third-order valence-electron chi connectivity index (χ3n) is 4.15. The Balaban J connectivity index is -0.000000612. The molecule has 0 heterocycles. The average molecular weight is 436 g/mol. The molecule has 2 atom stereocenters. The van der Waals surface area contributed by atoms with Crippen LogP contribution in [0, 0.1) is 0 Å². The molecular weight excluding hydrogens is 397 g/mol. The quantitative estimate of drug-likeness (QED) is 0.194. The average Bonchev–Trinajstić information content (AvgIpc) is 2.58. The second kappa shape index (κ2) is 29.2. The third-order valence-corrected chi connectivity index (χ3v) is 5.24. The molecule has 9 heteroatoms. The van der Waals surface area contributed by atoms with E-state index in [2.05, 4.69) is 11.2 Å². The van der Waals surface area contributed by atoms with Crippen LogP contribution in [-0.2, 0) is 13.4 Å². The van der Waals surface area contributed by atoms with E-state index in [0.717, 1.165) is 6.42 Å². The topological polar surface area (TPSA) is 107 Å². The minimum atomic E-state index is -3.17. The van der Waals surface area contributed by atoms with Gasteiger partial charge in [-0.2, -0.15) is 0 Å². The van der Waals surface area contributed by atoms with Gasteiger partial charge in [-0.3, -0.25) is 0 Å². The first kappa shape index (κ1) is 32.7. The SMILES string of the molecule is CCCCCCCCCCCCCCCCCCO.O=[P+]([O-])O[P+](=O)O.[Na+]. The summed E-state index contributed by atoms with van der Waals surface area (Å²) in [5, 5.41) is 8.67. The standard InChI is InChI=1S/C18H38O.Na.O5P2/c1-2-3-4-5-6-7-8-9-10-11-12-13-14-15-16-17-18-19;;1-6(2)5-7(3)4/h19H,2-18H2,1H3;;/q;+1;/p+1. The molecule has 2 N–H and O–H groups in total. The van der Waals surface area contributed by atoms with E-state index in [1.165, 1.54) is 96.3 Å². The first-order chi connectivity index (χ1) is 12.5. The smallest absolute Gasteiger partial charge is 0.563 e. The van der Waals surface area contributed by atoms with Crippen LogP contribution >= 0.6 is 16.5 Å². The molecule has 0 fully saturated rings. The van der Waals surface area contributed by atoms with Crippen molar-refractivity contribution >= 4 is 16.5 Å². The molecule has 0 saturated heterocycles. The number of aliphatic hydroxyl groups excluding tert-OH is 1. The van der Waals surface area contributed by atoms with Crippen molar-refractivity contribution in [2.24, 2.45) is 0 Å². The van der Waals surface area contributed by atoms with E-state index >= 15 is 0 Å². The molecular formula is C18H39NaO6P2+2. The fraction of sp³-hybridized carbons (Fsp3) is 1.00. The summed E-state index contributed by atoms with van der Waals surface area (Å²) in [4.78, 5) is 16.9. The molecule has 0 radical (unpaired) electrons. The van der Waals surface area contributed by atoms with Crippen LogP contribution in [0.5, 0.6) is 0 Å². The zero-order valence-electron chi connectivity index (χ0n) is 17.4. The molecule has 6 nitrogen and oxygen atoms in total. The van der Waals surface area contributed by atoms with E-state index in [1.54, 1.807) is 0 Å². The van der Waals surface area contributed by atoms with E-state index in [4.69, 9.17) is 10.00 Å². The van der Waals surface area contributed by atoms with Gasteiger partial charge in [0.1, 0.15) is 4.31 Å². The zero-order valence-corrected chi connectivity index (χ0v) is 21.2. The first-order valence-corrected chi connectivity index (χ1v) is 12.4. The summed E-state index contributed by atoms with van der Waals surface area (Å²) >= 11 is 0. The van der Waals surface area contributed by atoms with Crippen molar-refractivity contribution in [2.45, 2.75) is 110 Å². The Labute approximate surface area is 190 Å². The van der Waals surface area contributed by atoms with Crippen molar-refractivity contribution in [1.82, 2.24) is 0 Å². The Morgan fingerprint density at radius 1 is 0.704 bits per heavy atom. The minimum absolute atomic E-state index is 0. The fourth-order valence-electron chi connectivity index (χ4n) is 2.72. The molecule has 0 saturated carbocycles. The molecule has 0 aromatic heterocycles. The number of unbranched alkanes of at least 4 members (excludes halogenated alkanes) is 15. The third kappa shape index (κ3) is 38.3. The van der Waals surface area contributed by atoms with Gasteiger partial charge >= 0.3 is 46.1 Å². The van der Waals surface area contributed by atoms with Gasteiger partial charge in [0.2, 0.25) is 0 Å². The van der Waals surface area contributed by atoms with Crippen molar-refractivity contribution in [3.63, 3.8) is 0 Å².